The van der Waals surface area contributed by atoms with Crippen LogP contribution in [0.2, 0.25) is 0 Å². The molecule has 8 heteroatoms. The summed E-state index contributed by atoms with van der Waals surface area (Å²) in [6, 6.07) is 2.36. The summed E-state index contributed by atoms with van der Waals surface area (Å²) in [5.41, 5.74) is 2.75. The second-order valence-electron chi connectivity index (χ2n) is 7.68. The number of esters is 1. The highest BCUT2D eigenvalue weighted by molar-refractivity contribution is 7.17. The van der Waals surface area contributed by atoms with Crippen LogP contribution in [-0.2, 0) is 17.7 Å². The van der Waals surface area contributed by atoms with E-state index in [0.717, 1.165) is 35.6 Å². The van der Waals surface area contributed by atoms with Gasteiger partial charge in [0.05, 0.1) is 12.7 Å². The molecule has 3 rings (SSSR count). The Morgan fingerprint density at radius 2 is 1.96 bits per heavy atom. The Balaban J connectivity index is 1.92. The van der Waals surface area contributed by atoms with Crippen molar-refractivity contribution in [3.63, 3.8) is 0 Å². The minimum absolute atomic E-state index is 0.170. The molecule has 0 atom stereocenters. The van der Waals surface area contributed by atoms with E-state index in [9.17, 15) is 9.59 Å². The van der Waals surface area contributed by atoms with Crippen molar-refractivity contribution in [2.45, 2.75) is 59.7 Å². The number of hydrogen-bond donors (Lipinski definition) is 1. The maximum Gasteiger partial charge on any atom is 0.341 e. The van der Waals surface area contributed by atoms with Gasteiger partial charge in [0, 0.05) is 35.7 Å². The van der Waals surface area contributed by atoms with Gasteiger partial charge in [-0.2, -0.15) is 5.10 Å². The lowest BCUT2D eigenvalue weighted by Crippen LogP contribution is -2.35. The topological polar surface area (TPSA) is 76.5 Å². The Morgan fingerprint density at radius 1 is 1.25 bits per heavy atom. The molecule has 0 aromatic carbocycles. The number of rotatable bonds is 5. The molecule has 0 saturated heterocycles. The van der Waals surface area contributed by atoms with E-state index in [0.29, 0.717) is 22.3 Å². The Bertz CT molecular complexity index is 898. The molecule has 0 aliphatic carbocycles. The van der Waals surface area contributed by atoms with Gasteiger partial charge >= 0.3 is 5.97 Å². The second-order valence-corrected chi connectivity index (χ2v) is 8.78. The van der Waals surface area contributed by atoms with Crippen LogP contribution in [0.15, 0.2) is 6.07 Å². The first kappa shape index (κ1) is 20.5. The van der Waals surface area contributed by atoms with E-state index in [2.05, 4.69) is 29.2 Å². The van der Waals surface area contributed by atoms with Crippen molar-refractivity contribution in [3.05, 3.63) is 33.5 Å². The number of fused-ring (bicyclic) bond motifs is 1. The first-order valence-corrected chi connectivity index (χ1v) is 10.4. The third-order valence-corrected chi connectivity index (χ3v) is 6.21. The van der Waals surface area contributed by atoms with Gasteiger partial charge in [-0.25, -0.2) is 4.79 Å². The zero-order valence-electron chi connectivity index (χ0n) is 17.3. The van der Waals surface area contributed by atoms with Crippen LogP contribution in [0.1, 0.15) is 70.7 Å². The minimum atomic E-state index is -0.408. The smallest absolute Gasteiger partial charge is 0.341 e. The molecule has 7 nitrogen and oxygen atoms in total. The highest BCUT2D eigenvalue weighted by Gasteiger charge is 2.30. The Hall–Kier alpha value is -2.19. The molecular weight excluding hydrogens is 376 g/mol. The molecule has 152 valence electrons. The van der Waals surface area contributed by atoms with Gasteiger partial charge in [0.2, 0.25) is 0 Å². The lowest BCUT2D eigenvalue weighted by molar-refractivity contribution is 0.0600. The predicted octanol–water partition coefficient (Wildman–Crippen LogP) is 3.64. The molecular formula is C20H28N4O3S. The van der Waals surface area contributed by atoms with E-state index in [-0.39, 0.29) is 11.9 Å². The number of thiophene rings is 1. The number of ether oxygens (including phenoxy) is 1. The Labute approximate surface area is 169 Å². The maximum absolute atomic E-state index is 12.8. The van der Waals surface area contributed by atoms with Crippen molar-refractivity contribution >= 4 is 28.2 Å². The van der Waals surface area contributed by atoms with Gasteiger partial charge in [-0.1, -0.05) is 0 Å². The standard InChI is InChI=1S/C20H28N4O3S/c1-11(2)23-8-7-14-16(10-23)28-19(17(14)20(26)27-6)21-18(25)15-9-13(5)24(22-15)12(3)4/h9,11-12H,7-8,10H2,1-6H3,(H,21,25). The Morgan fingerprint density at radius 3 is 2.54 bits per heavy atom. The van der Waals surface area contributed by atoms with Gasteiger partial charge in [-0.3, -0.25) is 14.4 Å². The highest BCUT2D eigenvalue weighted by atomic mass is 32.1. The van der Waals surface area contributed by atoms with Crippen molar-refractivity contribution in [1.29, 1.82) is 0 Å². The summed E-state index contributed by atoms with van der Waals surface area (Å²) in [5.74, 6) is -0.721. The molecule has 0 unspecified atom stereocenters. The number of nitrogens with zero attached hydrogens (tertiary/aromatic N) is 3. The van der Waals surface area contributed by atoms with Crippen LogP contribution in [0.25, 0.3) is 0 Å². The number of aromatic nitrogens is 2. The number of methoxy groups -OCH3 is 1. The minimum Gasteiger partial charge on any atom is -0.465 e. The molecule has 3 heterocycles. The van der Waals surface area contributed by atoms with Crippen molar-refractivity contribution in [3.8, 4) is 0 Å². The molecule has 1 aliphatic rings. The summed E-state index contributed by atoms with van der Waals surface area (Å²) in [6.07, 6.45) is 0.769. The van der Waals surface area contributed by atoms with Crippen LogP contribution in [-0.4, -0.2) is 46.3 Å². The van der Waals surface area contributed by atoms with Crippen LogP contribution in [0.3, 0.4) is 0 Å². The van der Waals surface area contributed by atoms with E-state index in [4.69, 9.17) is 4.74 Å². The predicted molar refractivity (Wildman–Crippen MR) is 110 cm³/mol. The van der Waals surface area contributed by atoms with Crippen LogP contribution < -0.4 is 5.32 Å². The van der Waals surface area contributed by atoms with Gasteiger partial charge in [0.15, 0.2) is 5.69 Å². The second kappa shape index (κ2) is 8.05. The number of anilines is 1. The number of nitrogens with one attached hydrogen (secondary N) is 1. The molecule has 0 radical (unpaired) electrons. The molecule has 1 N–H and O–H groups in total. The van der Waals surface area contributed by atoms with E-state index in [1.165, 1.54) is 18.4 Å². The molecule has 2 aromatic heterocycles. The summed E-state index contributed by atoms with van der Waals surface area (Å²) < 4.78 is 6.82. The maximum atomic E-state index is 12.8. The molecule has 0 fully saturated rings. The lowest BCUT2D eigenvalue weighted by atomic mass is 10.0. The van der Waals surface area contributed by atoms with E-state index in [1.54, 1.807) is 6.07 Å². The number of aryl methyl sites for hydroxylation is 1. The van der Waals surface area contributed by atoms with Crippen molar-refractivity contribution in [2.75, 3.05) is 19.0 Å². The summed E-state index contributed by atoms with van der Waals surface area (Å²) in [4.78, 5) is 28.7. The average molecular weight is 405 g/mol. The van der Waals surface area contributed by atoms with Gasteiger partial charge in [-0.15, -0.1) is 11.3 Å². The van der Waals surface area contributed by atoms with Crippen molar-refractivity contribution in [1.82, 2.24) is 14.7 Å². The van der Waals surface area contributed by atoms with Gasteiger partial charge in [-0.05, 0) is 52.7 Å². The van der Waals surface area contributed by atoms with E-state index < -0.39 is 5.97 Å². The van der Waals surface area contributed by atoms with Crippen LogP contribution in [0.4, 0.5) is 5.00 Å². The Kier molecular flexibility index (Phi) is 5.90. The first-order valence-electron chi connectivity index (χ1n) is 9.57. The largest absolute Gasteiger partial charge is 0.465 e. The summed E-state index contributed by atoms with van der Waals surface area (Å²) in [5, 5.41) is 7.85. The number of carbonyl (C=O) groups excluding carboxylic acids is 2. The molecule has 0 bridgehead atoms. The van der Waals surface area contributed by atoms with E-state index in [1.807, 2.05) is 25.5 Å². The van der Waals surface area contributed by atoms with Gasteiger partial charge < -0.3 is 10.1 Å². The zero-order valence-corrected chi connectivity index (χ0v) is 18.1. The van der Waals surface area contributed by atoms with Gasteiger partial charge in [0.1, 0.15) is 5.00 Å². The van der Waals surface area contributed by atoms with Crippen molar-refractivity contribution < 1.29 is 14.3 Å². The van der Waals surface area contributed by atoms with Crippen LogP contribution in [0.5, 0.6) is 0 Å². The molecule has 0 saturated carbocycles. The summed E-state index contributed by atoms with van der Waals surface area (Å²) in [6.45, 7) is 11.9. The monoisotopic (exact) mass is 404 g/mol. The van der Waals surface area contributed by atoms with Crippen molar-refractivity contribution in [2.24, 2.45) is 0 Å². The summed E-state index contributed by atoms with van der Waals surface area (Å²) >= 11 is 1.46. The number of amides is 1. The zero-order chi connectivity index (χ0) is 20.6. The number of hydrogen-bond acceptors (Lipinski definition) is 6. The summed E-state index contributed by atoms with van der Waals surface area (Å²) in [7, 11) is 1.37. The number of carbonyl (C=O) groups is 2. The molecule has 1 amide bonds. The molecule has 0 spiro atoms. The first-order chi connectivity index (χ1) is 13.2. The molecule has 2 aromatic rings. The quantitative estimate of drug-likeness (QED) is 0.770. The normalized spacial score (nSPS) is 14.4. The van der Waals surface area contributed by atoms with Gasteiger partial charge in [0.25, 0.3) is 5.91 Å². The van der Waals surface area contributed by atoms with Crippen LogP contribution in [0, 0.1) is 6.92 Å². The third kappa shape index (κ3) is 3.84. The third-order valence-electron chi connectivity index (χ3n) is 5.08. The molecule has 1 aliphatic heterocycles. The fourth-order valence-corrected chi connectivity index (χ4v) is 4.82. The SMILES string of the molecule is COC(=O)c1c(NC(=O)c2cc(C)n(C(C)C)n2)sc2c1CCN(C(C)C)C2. The van der Waals surface area contributed by atoms with Crippen LogP contribution >= 0.6 is 11.3 Å². The molecule has 28 heavy (non-hydrogen) atoms. The average Bonchev–Trinajstić information content (AvgIpc) is 3.20. The highest BCUT2D eigenvalue weighted by Crippen LogP contribution is 2.38. The fraction of sp³-hybridized carbons (Fsp3) is 0.550. The fourth-order valence-electron chi connectivity index (χ4n) is 3.56. The lowest BCUT2D eigenvalue weighted by Gasteiger charge is -2.30. The van der Waals surface area contributed by atoms with E-state index >= 15 is 0 Å².